The second kappa shape index (κ2) is 8.14. The van der Waals surface area contributed by atoms with Crippen LogP contribution in [-0.2, 0) is 0 Å². The molecule has 0 aromatic heterocycles. The molecule has 86 valence electrons. The number of aliphatic hydroxyl groups is 3. The minimum absolute atomic E-state index is 0.184. The number of hydrogen-bond acceptors (Lipinski definition) is 5. The van der Waals surface area contributed by atoms with Crippen molar-refractivity contribution in [3.05, 3.63) is 0 Å². The van der Waals surface area contributed by atoms with Crippen LogP contribution in [0.2, 0.25) is 0 Å². The van der Waals surface area contributed by atoms with Crippen molar-refractivity contribution in [2.45, 2.75) is 12.8 Å². The van der Waals surface area contributed by atoms with Crippen molar-refractivity contribution in [2.24, 2.45) is 11.1 Å². The molecule has 0 aliphatic carbocycles. The van der Waals surface area contributed by atoms with Crippen LogP contribution in [0, 0.1) is 5.41 Å². The van der Waals surface area contributed by atoms with Gasteiger partial charge in [0.25, 0.3) is 0 Å². The molecule has 0 unspecified atom stereocenters. The molecule has 0 atom stereocenters. The third-order valence-corrected chi connectivity index (χ3v) is 2.39. The van der Waals surface area contributed by atoms with E-state index in [9.17, 15) is 0 Å². The first-order valence-corrected chi connectivity index (χ1v) is 4.98. The highest BCUT2D eigenvalue weighted by Gasteiger charge is 2.26. The van der Waals surface area contributed by atoms with Crippen molar-refractivity contribution < 1.29 is 15.3 Å². The maximum atomic E-state index is 9.02. The predicted molar refractivity (Wildman–Crippen MR) is 54.8 cm³/mol. The van der Waals surface area contributed by atoms with Crippen LogP contribution in [0.25, 0.3) is 0 Å². The summed E-state index contributed by atoms with van der Waals surface area (Å²) in [6.45, 7) is 1.61. The second-order valence-corrected chi connectivity index (χ2v) is 3.62. The van der Waals surface area contributed by atoms with Crippen LogP contribution in [0.15, 0.2) is 0 Å². The Morgan fingerprint density at radius 2 is 1.57 bits per heavy atom. The van der Waals surface area contributed by atoms with Gasteiger partial charge >= 0.3 is 0 Å². The van der Waals surface area contributed by atoms with Gasteiger partial charge in [-0.15, -0.1) is 0 Å². The molecule has 0 aliphatic rings. The van der Waals surface area contributed by atoms with E-state index in [4.69, 9.17) is 21.1 Å². The smallest absolute Gasteiger partial charge is 0.0531 e. The first-order valence-electron chi connectivity index (χ1n) is 4.98. The summed E-state index contributed by atoms with van der Waals surface area (Å²) in [7, 11) is 0. The van der Waals surface area contributed by atoms with Gasteiger partial charge in [-0.2, -0.15) is 0 Å². The molecule has 0 bridgehead atoms. The summed E-state index contributed by atoms with van der Waals surface area (Å²) in [5, 5.41) is 30.2. The van der Waals surface area contributed by atoms with E-state index in [1.807, 2.05) is 0 Å². The van der Waals surface area contributed by atoms with Gasteiger partial charge in [-0.3, -0.25) is 0 Å². The van der Waals surface area contributed by atoms with Crippen molar-refractivity contribution >= 4 is 0 Å². The number of nitrogens with two attached hydrogens (primary N) is 1. The van der Waals surface area contributed by atoms with Crippen molar-refractivity contribution in [3.63, 3.8) is 0 Å². The Balaban J connectivity index is 3.61. The van der Waals surface area contributed by atoms with Crippen molar-refractivity contribution in [1.29, 1.82) is 0 Å². The van der Waals surface area contributed by atoms with Crippen LogP contribution >= 0.6 is 0 Å². The highest BCUT2D eigenvalue weighted by molar-refractivity contribution is 4.77. The highest BCUT2D eigenvalue weighted by atomic mass is 16.3. The fourth-order valence-corrected chi connectivity index (χ4v) is 1.20. The normalized spacial score (nSPS) is 12.0. The van der Waals surface area contributed by atoms with Crippen molar-refractivity contribution in [1.82, 2.24) is 5.32 Å². The summed E-state index contributed by atoms with van der Waals surface area (Å²) in [6, 6.07) is 0. The summed E-state index contributed by atoms with van der Waals surface area (Å²) in [4.78, 5) is 0. The Bertz CT molecular complexity index is 121. The summed E-state index contributed by atoms with van der Waals surface area (Å²) in [5.74, 6) is 0. The molecule has 0 aliphatic heterocycles. The van der Waals surface area contributed by atoms with Crippen molar-refractivity contribution in [2.75, 3.05) is 39.5 Å². The van der Waals surface area contributed by atoms with Crippen LogP contribution in [0.3, 0.4) is 0 Å². The molecule has 5 nitrogen and oxygen atoms in total. The van der Waals surface area contributed by atoms with Crippen LogP contribution in [0.1, 0.15) is 12.8 Å². The molecule has 0 spiro atoms. The summed E-state index contributed by atoms with van der Waals surface area (Å²) >= 11 is 0. The van der Waals surface area contributed by atoms with Gasteiger partial charge in [0.15, 0.2) is 0 Å². The zero-order valence-electron chi connectivity index (χ0n) is 8.58. The second-order valence-electron chi connectivity index (χ2n) is 3.62. The standard InChI is InChI=1S/C9H22N2O3/c10-3-5-11-4-1-2-9(6-12,7-13)8-14/h11-14H,1-8,10H2. The van der Waals surface area contributed by atoms with E-state index >= 15 is 0 Å². The number of aliphatic hydroxyl groups excluding tert-OH is 3. The molecule has 0 aromatic rings. The monoisotopic (exact) mass is 206 g/mol. The summed E-state index contributed by atoms with van der Waals surface area (Å²) < 4.78 is 0. The third kappa shape index (κ3) is 4.88. The van der Waals surface area contributed by atoms with E-state index in [-0.39, 0.29) is 19.8 Å². The maximum Gasteiger partial charge on any atom is 0.0531 e. The molecule has 0 saturated heterocycles. The van der Waals surface area contributed by atoms with Gasteiger partial charge in [0.05, 0.1) is 19.8 Å². The van der Waals surface area contributed by atoms with Crippen molar-refractivity contribution in [3.8, 4) is 0 Å². The average Bonchev–Trinajstić information content (AvgIpc) is 2.24. The quantitative estimate of drug-likeness (QED) is 0.289. The number of nitrogens with one attached hydrogen (secondary N) is 1. The van der Waals surface area contributed by atoms with Gasteiger partial charge in [-0.05, 0) is 19.4 Å². The van der Waals surface area contributed by atoms with Crippen LogP contribution in [-0.4, -0.2) is 54.8 Å². The molecule has 0 rings (SSSR count). The predicted octanol–water partition coefficient (Wildman–Crippen LogP) is -1.72. The largest absolute Gasteiger partial charge is 0.396 e. The Kier molecular flexibility index (Phi) is 8.02. The minimum Gasteiger partial charge on any atom is -0.396 e. The van der Waals surface area contributed by atoms with E-state index in [1.54, 1.807) is 0 Å². The Hall–Kier alpha value is -0.200. The summed E-state index contributed by atoms with van der Waals surface area (Å²) in [5.41, 5.74) is 4.56. The van der Waals surface area contributed by atoms with Gasteiger partial charge in [-0.25, -0.2) is 0 Å². The molecular weight excluding hydrogens is 184 g/mol. The van der Waals surface area contributed by atoms with Crippen LogP contribution < -0.4 is 11.1 Å². The molecule has 5 heteroatoms. The zero-order chi connectivity index (χ0) is 10.9. The molecule has 6 N–H and O–H groups in total. The molecule has 14 heavy (non-hydrogen) atoms. The fraction of sp³-hybridized carbons (Fsp3) is 1.00. The first kappa shape index (κ1) is 13.8. The van der Waals surface area contributed by atoms with E-state index in [2.05, 4.69) is 5.32 Å². The molecular formula is C9H22N2O3. The minimum atomic E-state index is -0.732. The van der Waals surface area contributed by atoms with Gasteiger partial charge in [0.2, 0.25) is 0 Å². The van der Waals surface area contributed by atoms with Gasteiger partial charge in [0, 0.05) is 18.5 Å². The molecule has 0 aromatic carbocycles. The fourth-order valence-electron chi connectivity index (χ4n) is 1.20. The molecule has 0 fully saturated rings. The van der Waals surface area contributed by atoms with Gasteiger partial charge < -0.3 is 26.4 Å². The number of rotatable bonds is 9. The average molecular weight is 206 g/mol. The van der Waals surface area contributed by atoms with E-state index in [0.717, 1.165) is 19.5 Å². The number of hydrogen-bond donors (Lipinski definition) is 5. The van der Waals surface area contributed by atoms with Gasteiger partial charge in [-0.1, -0.05) is 0 Å². The third-order valence-electron chi connectivity index (χ3n) is 2.39. The Morgan fingerprint density at radius 1 is 1.00 bits per heavy atom. The van der Waals surface area contributed by atoms with Crippen LogP contribution in [0.5, 0.6) is 0 Å². The van der Waals surface area contributed by atoms with E-state index in [0.29, 0.717) is 13.0 Å². The molecule has 0 saturated carbocycles. The van der Waals surface area contributed by atoms with E-state index in [1.165, 1.54) is 0 Å². The first-order chi connectivity index (χ1) is 6.74. The zero-order valence-corrected chi connectivity index (χ0v) is 8.58. The maximum absolute atomic E-state index is 9.02. The van der Waals surface area contributed by atoms with Gasteiger partial charge in [0.1, 0.15) is 0 Å². The lowest BCUT2D eigenvalue weighted by molar-refractivity contribution is -0.00175. The topological polar surface area (TPSA) is 98.7 Å². The lowest BCUT2D eigenvalue weighted by Gasteiger charge is -2.27. The van der Waals surface area contributed by atoms with Crippen LogP contribution in [0.4, 0.5) is 0 Å². The molecule has 0 radical (unpaired) electrons. The van der Waals surface area contributed by atoms with E-state index < -0.39 is 5.41 Å². The Labute approximate surface area is 84.9 Å². The highest BCUT2D eigenvalue weighted by Crippen LogP contribution is 2.21. The molecule has 0 amide bonds. The lowest BCUT2D eigenvalue weighted by atomic mass is 9.86. The lowest BCUT2D eigenvalue weighted by Crippen LogP contribution is -2.35. The SMILES string of the molecule is NCCNCCCC(CO)(CO)CO. The molecule has 0 heterocycles. The summed E-state index contributed by atoms with van der Waals surface area (Å²) in [6.07, 6.45) is 1.41. The Morgan fingerprint density at radius 3 is 2.00 bits per heavy atom.